The minimum atomic E-state index is -0.133. The first-order valence-corrected chi connectivity index (χ1v) is 12.4. The third-order valence-electron chi connectivity index (χ3n) is 4.88. The summed E-state index contributed by atoms with van der Waals surface area (Å²) in [5, 5.41) is 7.19. The Morgan fingerprint density at radius 3 is 2.69 bits per heavy atom. The van der Waals surface area contributed by atoms with Gasteiger partial charge in [0.25, 0.3) is 0 Å². The fourth-order valence-electron chi connectivity index (χ4n) is 3.17. The molecule has 1 N–H and O–H groups in total. The minimum Gasteiger partial charge on any atom is -0.497 e. The molecule has 1 aromatic carbocycles. The van der Waals surface area contributed by atoms with Crippen LogP contribution in [0.15, 0.2) is 28.6 Å². The number of benzene rings is 1. The maximum Gasteiger partial charge on any atom is 0.236 e. The standard InChI is InChI=1S/C22H22N4O3S3/c1-11-12(2)32-21-19(11)20(23-13(3)24-21)30-10-18(27)26-22-25-16(9-31-22)15-7-6-14(28-4)8-17(15)29-5/h6-9H,10H2,1-5H3,(H,25,26,27). The number of hydrogen-bond donors (Lipinski definition) is 1. The normalized spacial score (nSPS) is 11.0. The van der Waals surface area contributed by atoms with Crippen LogP contribution in [0.25, 0.3) is 21.5 Å². The molecule has 0 bridgehead atoms. The second-order valence-electron chi connectivity index (χ2n) is 6.98. The molecule has 0 saturated heterocycles. The summed E-state index contributed by atoms with van der Waals surface area (Å²) in [5.41, 5.74) is 2.74. The predicted octanol–water partition coefficient (Wildman–Crippen LogP) is 5.49. The first-order valence-electron chi connectivity index (χ1n) is 9.74. The molecule has 0 aliphatic heterocycles. The van der Waals surface area contributed by atoms with Crippen LogP contribution in [0.1, 0.15) is 16.3 Å². The zero-order valence-corrected chi connectivity index (χ0v) is 20.8. The molecule has 7 nitrogen and oxygen atoms in total. The Morgan fingerprint density at radius 1 is 1.12 bits per heavy atom. The van der Waals surface area contributed by atoms with Crippen molar-refractivity contribution in [1.29, 1.82) is 0 Å². The summed E-state index contributed by atoms with van der Waals surface area (Å²) in [6.45, 7) is 6.02. The molecular weight excluding hydrogens is 464 g/mol. The van der Waals surface area contributed by atoms with Crippen molar-refractivity contribution in [2.75, 3.05) is 25.3 Å². The number of thiazole rings is 1. The van der Waals surface area contributed by atoms with Gasteiger partial charge in [-0.25, -0.2) is 15.0 Å². The van der Waals surface area contributed by atoms with Crippen LogP contribution in [0.2, 0.25) is 0 Å². The van der Waals surface area contributed by atoms with Gasteiger partial charge in [0, 0.05) is 27.3 Å². The lowest BCUT2D eigenvalue weighted by Gasteiger charge is -2.08. The number of fused-ring (bicyclic) bond motifs is 1. The first-order chi connectivity index (χ1) is 15.4. The number of hydrogen-bond acceptors (Lipinski definition) is 9. The van der Waals surface area contributed by atoms with Gasteiger partial charge in [-0.3, -0.25) is 4.79 Å². The van der Waals surface area contributed by atoms with Crippen molar-refractivity contribution < 1.29 is 14.3 Å². The van der Waals surface area contributed by atoms with Crippen LogP contribution in [-0.4, -0.2) is 40.8 Å². The molecule has 0 fully saturated rings. The third-order valence-corrected chi connectivity index (χ3v) is 7.72. The second kappa shape index (κ2) is 9.43. The number of amides is 1. The Balaban J connectivity index is 1.46. The highest BCUT2D eigenvalue weighted by atomic mass is 32.2. The van der Waals surface area contributed by atoms with Gasteiger partial charge in [-0.05, 0) is 38.5 Å². The van der Waals surface area contributed by atoms with Crippen molar-refractivity contribution in [3.05, 3.63) is 39.8 Å². The van der Waals surface area contributed by atoms with Crippen LogP contribution in [-0.2, 0) is 4.79 Å². The average Bonchev–Trinajstić information content (AvgIpc) is 3.35. The Morgan fingerprint density at radius 2 is 1.94 bits per heavy atom. The third kappa shape index (κ3) is 4.57. The Bertz CT molecular complexity index is 1300. The van der Waals surface area contributed by atoms with E-state index in [9.17, 15) is 4.79 Å². The quantitative estimate of drug-likeness (QED) is 0.273. The van der Waals surface area contributed by atoms with Gasteiger partial charge in [0.2, 0.25) is 5.91 Å². The van der Waals surface area contributed by atoms with Gasteiger partial charge in [0.1, 0.15) is 27.2 Å². The molecule has 166 valence electrons. The second-order valence-corrected chi connectivity index (χ2v) is 10.0. The topological polar surface area (TPSA) is 86.2 Å². The van der Waals surface area contributed by atoms with E-state index in [1.54, 1.807) is 25.6 Å². The molecule has 0 atom stereocenters. The molecule has 3 heterocycles. The molecule has 4 rings (SSSR count). The van der Waals surface area contributed by atoms with Crippen molar-refractivity contribution in [1.82, 2.24) is 15.0 Å². The lowest BCUT2D eigenvalue weighted by Crippen LogP contribution is -2.14. The van der Waals surface area contributed by atoms with Crippen molar-refractivity contribution in [2.24, 2.45) is 0 Å². The molecule has 4 aromatic rings. The number of ether oxygens (including phenoxy) is 2. The number of aromatic nitrogens is 3. The number of nitrogens with one attached hydrogen (secondary N) is 1. The van der Waals surface area contributed by atoms with Gasteiger partial charge in [0.05, 0.1) is 25.7 Å². The van der Waals surface area contributed by atoms with Crippen molar-refractivity contribution in [2.45, 2.75) is 25.8 Å². The Hall–Kier alpha value is -2.69. The number of aryl methyl sites for hydroxylation is 3. The number of anilines is 1. The summed E-state index contributed by atoms with van der Waals surface area (Å²) in [5.74, 6) is 2.18. The van der Waals surface area contributed by atoms with Crippen LogP contribution in [0.3, 0.4) is 0 Å². The number of thiophene rings is 1. The van der Waals surface area contributed by atoms with E-state index < -0.39 is 0 Å². The van der Waals surface area contributed by atoms with Crippen molar-refractivity contribution in [3.8, 4) is 22.8 Å². The van der Waals surface area contributed by atoms with Crippen LogP contribution in [0.4, 0.5) is 5.13 Å². The van der Waals surface area contributed by atoms with E-state index in [1.807, 2.05) is 30.5 Å². The van der Waals surface area contributed by atoms with Gasteiger partial charge in [-0.1, -0.05) is 11.8 Å². The monoisotopic (exact) mass is 486 g/mol. The van der Waals surface area contributed by atoms with E-state index in [1.165, 1.54) is 33.5 Å². The molecule has 0 aliphatic carbocycles. The molecule has 0 aliphatic rings. The number of nitrogens with zero attached hydrogens (tertiary/aromatic N) is 3. The number of rotatable bonds is 7. The van der Waals surface area contributed by atoms with Crippen LogP contribution in [0.5, 0.6) is 11.5 Å². The van der Waals surface area contributed by atoms with E-state index in [0.29, 0.717) is 22.5 Å². The number of carbonyl (C=O) groups excluding carboxylic acids is 1. The van der Waals surface area contributed by atoms with E-state index in [4.69, 9.17) is 9.47 Å². The lowest BCUT2D eigenvalue weighted by molar-refractivity contribution is -0.113. The van der Waals surface area contributed by atoms with Gasteiger partial charge < -0.3 is 14.8 Å². The first kappa shape index (κ1) is 22.5. The molecule has 32 heavy (non-hydrogen) atoms. The fraction of sp³-hybridized carbons (Fsp3) is 0.273. The van der Waals surface area contributed by atoms with E-state index in [0.717, 1.165) is 26.5 Å². The van der Waals surface area contributed by atoms with E-state index in [2.05, 4.69) is 34.1 Å². The fourth-order valence-corrected chi connectivity index (χ4v) is 5.97. The van der Waals surface area contributed by atoms with Crippen LogP contribution in [0, 0.1) is 20.8 Å². The molecule has 3 aromatic heterocycles. The predicted molar refractivity (Wildman–Crippen MR) is 132 cm³/mol. The molecule has 0 saturated carbocycles. The number of methoxy groups -OCH3 is 2. The summed E-state index contributed by atoms with van der Waals surface area (Å²) in [4.78, 5) is 28.4. The summed E-state index contributed by atoms with van der Waals surface area (Å²) >= 11 is 4.45. The number of thioether (sulfide) groups is 1. The molecule has 10 heteroatoms. The van der Waals surface area contributed by atoms with Crippen LogP contribution >= 0.6 is 34.4 Å². The highest BCUT2D eigenvalue weighted by molar-refractivity contribution is 8.00. The van der Waals surface area contributed by atoms with Gasteiger partial charge >= 0.3 is 0 Å². The highest BCUT2D eigenvalue weighted by Crippen LogP contribution is 2.36. The Kier molecular flexibility index (Phi) is 6.63. The highest BCUT2D eigenvalue weighted by Gasteiger charge is 2.16. The van der Waals surface area contributed by atoms with Crippen molar-refractivity contribution in [3.63, 3.8) is 0 Å². The average molecular weight is 487 g/mol. The lowest BCUT2D eigenvalue weighted by atomic mass is 10.1. The summed E-state index contributed by atoms with van der Waals surface area (Å²) in [6, 6.07) is 5.55. The molecule has 0 spiro atoms. The zero-order valence-electron chi connectivity index (χ0n) is 18.3. The molecule has 1 amide bonds. The Labute approximate surface area is 198 Å². The number of carbonyl (C=O) groups is 1. The minimum absolute atomic E-state index is 0.133. The summed E-state index contributed by atoms with van der Waals surface area (Å²) in [6.07, 6.45) is 0. The van der Waals surface area contributed by atoms with Crippen molar-refractivity contribution >= 4 is 55.7 Å². The maximum absolute atomic E-state index is 12.6. The zero-order chi connectivity index (χ0) is 22.8. The van der Waals surface area contributed by atoms with Gasteiger partial charge in [-0.15, -0.1) is 22.7 Å². The molecular formula is C22H22N4O3S3. The molecule has 0 unspecified atom stereocenters. The largest absolute Gasteiger partial charge is 0.497 e. The summed E-state index contributed by atoms with van der Waals surface area (Å²) in [7, 11) is 3.21. The smallest absolute Gasteiger partial charge is 0.236 e. The van der Waals surface area contributed by atoms with E-state index >= 15 is 0 Å². The van der Waals surface area contributed by atoms with Crippen LogP contribution < -0.4 is 14.8 Å². The SMILES string of the molecule is COc1ccc(-c2csc(NC(=O)CSc3nc(C)nc4sc(C)c(C)c34)n2)c(OC)c1. The van der Waals surface area contributed by atoms with Gasteiger partial charge in [-0.2, -0.15) is 0 Å². The maximum atomic E-state index is 12.6. The molecule has 0 radical (unpaired) electrons. The van der Waals surface area contributed by atoms with E-state index in [-0.39, 0.29) is 11.7 Å². The van der Waals surface area contributed by atoms with Gasteiger partial charge in [0.15, 0.2) is 5.13 Å². The summed E-state index contributed by atoms with van der Waals surface area (Å²) < 4.78 is 10.7.